The van der Waals surface area contributed by atoms with E-state index in [-0.39, 0.29) is 5.97 Å². The summed E-state index contributed by atoms with van der Waals surface area (Å²) in [6.45, 7) is 0. The molecule has 2 aromatic carbocycles. The molecule has 0 saturated carbocycles. The van der Waals surface area contributed by atoms with E-state index in [0.717, 1.165) is 16.9 Å². The number of hydrogen-bond acceptors (Lipinski definition) is 3. The van der Waals surface area contributed by atoms with E-state index in [0.29, 0.717) is 5.56 Å². The van der Waals surface area contributed by atoms with Crippen molar-refractivity contribution < 1.29 is 14.3 Å². The maximum atomic E-state index is 11.3. The molecule has 0 N–H and O–H groups in total. The minimum Gasteiger partial charge on any atom is -0.497 e. The van der Waals surface area contributed by atoms with Crippen molar-refractivity contribution in [1.29, 1.82) is 0 Å². The molecule has 2 rings (SSSR count). The van der Waals surface area contributed by atoms with Gasteiger partial charge in [-0.05, 0) is 48.5 Å². The van der Waals surface area contributed by atoms with E-state index >= 15 is 0 Å². The van der Waals surface area contributed by atoms with Gasteiger partial charge >= 0.3 is 5.97 Å². The largest absolute Gasteiger partial charge is 0.497 e. The third-order valence-corrected chi connectivity index (χ3v) is 2.75. The fourth-order valence-corrected chi connectivity index (χ4v) is 1.63. The number of hydrogen-bond donors (Lipinski definition) is 0. The summed E-state index contributed by atoms with van der Waals surface area (Å²) in [7, 11) is 2.99. The first-order chi connectivity index (χ1) is 9.72. The highest BCUT2D eigenvalue weighted by Gasteiger charge is 2.02. The number of carbonyl (C=O) groups excluding carboxylic acids is 1. The first-order valence-corrected chi connectivity index (χ1v) is 6.07. The standard InChI is InChI=1S/C17H14O3/c1-19-16-11-7-14(8-12-16)4-3-13-5-9-15(10-6-13)17(18)20-2/h5-12H,1-2H3. The second kappa shape index (κ2) is 6.44. The first-order valence-electron chi connectivity index (χ1n) is 6.07. The monoisotopic (exact) mass is 266 g/mol. The topological polar surface area (TPSA) is 35.5 Å². The zero-order chi connectivity index (χ0) is 14.4. The van der Waals surface area contributed by atoms with Crippen molar-refractivity contribution in [2.75, 3.05) is 14.2 Å². The van der Waals surface area contributed by atoms with Crippen LogP contribution in [0.4, 0.5) is 0 Å². The Kier molecular flexibility index (Phi) is 4.41. The SMILES string of the molecule is COC(=O)c1ccc(C#Cc2ccc(OC)cc2)cc1. The first kappa shape index (κ1) is 13.7. The molecule has 0 spiro atoms. The van der Waals surface area contributed by atoms with Gasteiger partial charge in [0, 0.05) is 11.1 Å². The lowest BCUT2D eigenvalue weighted by atomic mass is 10.1. The van der Waals surface area contributed by atoms with Gasteiger partial charge in [-0.2, -0.15) is 0 Å². The van der Waals surface area contributed by atoms with E-state index < -0.39 is 0 Å². The Morgan fingerprint density at radius 2 is 1.35 bits per heavy atom. The highest BCUT2D eigenvalue weighted by atomic mass is 16.5. The predicted molar refractivity (Wildman–Crippen MR) is 76.8 cm³/mol. The molecule has 0 atom stereocenters. The van der Waals surface area contributed by atoms with Crippen molar-refractivity contribution in [3.63, 3.8) is 0 Å². The Labute approximate surface area is 118 Å². The summed E-state index contributed by atoms with van der Waals surface area (Å²) in [5.41, 5.74) is 2.26. The van der Waals surface area contributed by atoms with E-state index in [1.54, 1.807) is 31.4 Å². The molecule has 0 aliphatic heterocycles. The Hall–Kier alpha value is -2.73. The average Bonchev–Trinajstić information content (AvgIpc) is 2.53. The number of ether oxygens (including phenoxy) is 2. The molecule has 0 saturated heterocycles. The van der Waals surface area contributed by atoms with Crippen molar-refractivity contribution in [3.8, 4) is 17.6 Å². The van der Waals surface area contributed by atoms with Crippen LogP contribution in [0.5, 0.6) is 5.75 Å². The Balaban J connectivity index is 2.13. The van der Waals surface area contributed by atoms with Crippen molar-refractivity contribution in [2.45, 2.75) is 0 Å². The van der Waals surface area contributed by atoms with E-state index in [4.69, 9.17) is 4.74 Å². The van der Waals surface area contributed by atoms with Gasteiger partial charge in [0.1, 0.15) is 5.75 Å². The summed E-state index contributed by atoms with van der Waals surface area (Å²) in [5, 5.41) is 0. The molecule has 0 aliphatic rings. The summed E-state index contributed by atoms with van der Waals surface area (Å²) < 4.78 is 9.73. The van der Waals surface area contributed by atoms with Crippen LogP contribution in [0.1, 0.15) is 21.5 Å². The number of rotatable bonds is 2. The molecule has 0 amide bonds. The van der Waals surface area contributed by atoms with Crippen molar-refractivity contribution in [2.24, 2.45) is 0 Å². The maximum Gasteiger partial charge on any atom is 0.337 e. The van der Waals surface area contributed by atoms with Gasteiger partial charge in [0.2, 0.25) is 0 Å². The maximum absolute atomic E-state index is 11.3. The third-order valence-electron chi connectivity index (χ3n) is 2.75. The molecule has 2 aromatic rings. The molecule has 0 heterocycles. The zero-order valence-electron chi connectivity index (χ0n) is 11.3. The van der Waals surface area contributed by atoms with E-state index in [2.05, 4.69) is 16.6 Å². The second-order valence-electron chi connectivity index (χ2n) is 4.05. The van der Waals surface area contributed by atoms with E-state index in [1.807, 2.05) is 24.3 Å². The van der Waals surface area contributed by atoms with E-state index in [9.17, 15) is 4.79 Å². The minimum atomic E-state index is -0.348. The zero-order valence-corrected chi connectivity index (χ0v) is 11.3. The molecule has 3 heteroatoms. The van der Waals surface area contributed by atoms with Gasteiger partial charge in [-0.15, -0.1) is 0 Å². The Morgan fingerprint density at radius 1 is 0.850 bits per heavy atom. The van der Waals surface area contributed by atoms with Crippen LogP contribution in [0.15, 0.2) is 48.5 Å². The Bertz CT molecular complexity index is 643. The fourth-order valence-electron chi connectivity index (χ4n) is 1.63. The van der Waals surface area contributed by atoms with Gasteiger partial charge in [0.15, 0.2) is 0 Å². The minimum absolute atomic E-state index is 0.348. The van der Waals surface area contributed by atoms with Crippen LogP contribution in [0, 0.1) is 11.8 Å². The molecule has 20 heavy (non-hydrogen) atoms. The van der Waals surface area contributed by atoms with Crippen LogP contribution >= 0.6 is 0 Å². The van der Waals surface area contributed by atoms with Crippen molar-refractivity contribution in [1.82, 2.24) is 0 Å². The van der Waals surface area contributed by atoms with Gasteiger partial charge in [-0.3, -0.25) is 0 Å². The molecule has 0 aromatic heterocycles. The molecule has 0 unspecified atom stereocenters. The summed E-state index contributed by atoms with van der Waals surface area (Å²) in [6, 6.07) is 14.5. The second-order valence-corrected chi connectivity index (χ2v) is 4.05. The smallest absolute Gasteiger partial charge is 0.337 e. The van der Waals surface area contributed by atoms with Crippen LogP contribution in [-0.4, -0.2) is 20.2 Å². The van der Waals surface area contributed by atoms with Gasteiger partial charge in [-0.1, -0.05) is 11.8 Å². The molecule has 0 aliphatic carbocycles. The van der Waals surface area contributed by atoms with Gasteiger partial charge in [0.25, 0.3) is 0 Å². The molecule has 0 radical (unpaired) electrons. The van der Waals surface area contributed by atoms with Gasteiger partial charge < -0.3 is 9.47 Å². The fraction of sp³-hybridized carbons (Fsp3) is 0.118. The van der Waals surface area contributed by atoms with Crippen molar-refractivity contribution >= 4 is 5.97 Å². The predicted octanol–water partition coefficient (Wildman–Crippen LogP) is 2.88. The summed E-state index contributed by atoms with van der Waals surface area (Å²) in [5.74, 6) is 6.55. The van der Waals surface area contributed by atoms with Crippen molar-refractivity contribution in [3.05, 3.63) is 65.2 Å². The highest BCUT2D eigenvalue weighted by Crippen LogP contribution is 2.10. The molecule has 100 valence electrons. The number of carbonyl (C=O) groups is 1. The van der Waals surface area contributed by atoms with Crippen LogP contribution in [-0.2, 0) is 4.74 Å². The Morgan fingerprint density at radius 3 is 1.80 bits per heavy atom. The number of esters is 1. The molecule has 3 nitrogen and oxygen atoms in total. The van der Waals surface area contributed by atoms with Crippen LogP contribution in [0.25, 0.3) is 0 Å². The van der Waals surface area contributed by atoms with E-state index in [1.165, 1.54) is 7.11 Å². The van der Waals surface area contributed by atoms with Gasteiger partial charge in [0.05, 0.1) is 19.8 Å². The average molecular weight is 266 g/mol. The quantitative estimate of drug-likeness (QED) is 0.619. The molecule has 0 fully saturated rings. The van der Waals surface area contributed by atoms with Gasteiger partial charge in [-0.25, -0.2) is 4.79 Å². The lowest BCUT2D eigenvalue weighted by Gasteiger charge is -1.98. The molecular weight excluding hydrogens is 252 g/mol. The van der Waals surface area contributed by atoms with Crippen LogP contribution < -0.4 is 4.74 Å². The normalized spacial score (nSPS) is 9.30. The summed E-state index contributed by atoms with van der Waals surface area (Å²) in [4.78, 5) is 11.3. The number of methoxy groups -OCH3 is 2. The third kappa shape index (κ3) is 3.39. The number of benzene rings is 2. The van der Waals surface area contributed by atoms with Crippen LogP contribution in [0.3, 0.4) is 0 Å². The molecular formula is C17H14O3. The highest BCUT2D eigenvalue weighted by molar-refractivity contribution is 5.89. The summed E-state index contributed by atoms with van der Waals surface area (Å²) in [6.07, 6.45) is 0. The van der Waals surface area contributed by atoms with Crippen LogP contribution in [0.2, 0.25) is 0 Å². The summed E-state index contributed by atoms with van der Waals surface area (Å²) >= 11 is 0. The lowest BCUT2D eigenvalue weighted by Crippen LogP contribution is -2.00. The molecule has 0 bridgehead atoms. The lowest BCUT2D eigenvalue weighted by molar-refractivity contribution is 0.0601.